The molecule has 1 aliphatic heterocycles. The van der Waals surface area contributed by atoms with Crippen LogP contribution in [0.4, 0.5) is 13.2 Å². The predicted molar refractivity (Wildman–Crippen MR) is 118 cm³/mol. The van der Waals surface area contributed by atoms with Crippen LogP contribution in [0.5, 0.6) is 5.75 Å². The van der Waals surface area contributed by atoms with E-state index in [0.717, 1.165) is 32.1 Å². The van der Waals surface area contributed by atoms with Gasteiger partial charge in [-0.2, -0.15) is 0 Å². The zero-order chi connectivity index (χ0) is 22.2. The lowest BCUT2D eigenvalue weighted by atomic mass is 9.88. The van der Waals surface area contributed by atoms with Crippen LogP contribution < -0.4 is 4.74 Å². The minimum absolute atomic E-state index is 0.0267. The summed E-state index contributed by atoms with van der Waals surface area (Å²) < 4.78 is 55.7. The third-order valence-corrected chi connectivity index (χ3v) is 6.01. The topological polar surface area (TPSA) is 18.5 Å². The summed E-state index contributed by atoms with van der Waals surface area (Å²) in [7, 11) is 0. The van der Waals surface area contributed by atoms with E-state index in [-0.39, 0.29) is 23.1 Å². The summed E-state index contributed by atoms with van der Waals surface area (Å²) in [4.78, 5) is 0. The summed E-state index contributed by atoms with van der Waals surface area (Å²) in [5.41, 5.74) is 0.263. The van der Waals surface area contributed by atoms with Crippen LogP contribution in [-0.2, 0) is 4.74 Å². The van der Waals surface area contributed by atoms with Crippen molar-refractivity contribution in [3.8, 4) is 16.9 Å². The SMILES string of the molecule is CCCCCCC1CCC(c2ccc(-c3ccc(OCCC)cc3F)c(F)c2F)CO1. The Hall–Kier alpha value is -2.01. The van der Waals surface area contributed by atoms with Gasteiger partial charge < -0.3 is 9.47 Å². The molecule has 2 aromatic carbocycles. The van der Waals surface area contributed by atoms with Gasteiger partial charge in [0.15, 0.2) is 11.6 Å². The lowest BCUT2D eigenvalue weighted by Crippen LogP contribution is -2.25. The van der Waals surface area contributed by atoms with Crippen LogP contribution in [0.1, 0.15) is 76.7 Å². The summed E-state index contributed by atoms with van der Waals surface area (Å²) in [5, 5.41) is 0. The lowest BCUT2D eigenvalue weighted by molar-refractivity contribution is -0.00282. The normalized spacial score (nSPS) is 18.9. The van der Waals surface area contributed by atoms with E-state index >= 15 is 0 Å². The molecular formula is C26H33F3O2. The average Bonchev–Trinajstić information content (AvgIpc) is 2.78. The van der Waals surface area contributed by atoms with Crippen molar-refractivity contribution in [2.24, 2.45) is 0 Å². The van der Waals surface area contributed by atoms with Crippen LogP contribution in [0.25, 0.3) is 11.1 Å². The largest absolute Gasteiger partial charge is 0.494 e. The van der Waals surface area contributed by atoms with Gasteiger partial charge >= 0.3 is 0 Å². The zero-order valence-corrected chi connectivity index (χ0v) is 18.6. The third-order valence-electron chi connectivity index (χ3n) is 6.01. The van der Waals surface area contributed by atoms with Crippen molar-refractivity contribution >= 4 is 0 Å². The summed E-state index contributed by atoms with van der Waals surface area (Å²) in [6.07, 6.45) is 8.46. The number of unbranched alkanes of at least 4 members (excludes halogenated alkanes) is 3. The van der Waals surface area contributed by atoms with E-state index in [0.29, 0.717) is 24.5 Å². The van der Waals surface area contributed by atoms with Gasteiger partial charge in [-0.1, -0.05) is 51.7 Å². The molecule has 1 fully saturated rings. The minimum atomic E-state index is -1.01. The fourth-order valence-electron chi connectivity index (χ4n) is 4.19. The first-order chi connectivity index (χ1) is 15.0. The molecule has 0 saturated carbocycles. The monoisotopic (exact) mass is 434 g/mol. The smallest absolute Gasteiger partial charge is 0.167 e. The Morgan fingerprint density at radius 1 is 0.903 bits per heavy atom. The molecule has 1 heterocycles. The number of benzene rings is 2. The highest BCUT2D eigenvalue weighted by Crippen LogP contribution is 2.36. The van der Waals surface area contributed by atoms with Crippen molar-refractivity contribution in [2.75, 3.05) is 13.2 Å². The van der Waals surface area contributed by atoms with E-state index in [1.54, 1.807) is 12.1 Å². The van der Waals surface area contributed by atoms with E-state index in [1.165, 1.54) is 37.5 Å². The number of hydrogen-bond donors (Lipinski definition) is 0. The molecule has 0 amide bonds. The minimum Gasteiger partial charge on any atom is -0.494 e. The second-order valence-corrected chi connectivity index (χ2v) is 8.40. The van der Waals surface area contributed by atoms with Gasteiger partial charge in [0, 0.05) is 23.1 Å². The first-order valence-electron chi connectivity index (χ1n) is 11.6. The number of halogens is 3. The number of hydrogen-bond acceptors (Lipinski definition) is 2. The van der Waals surface area contributed by atoms with Crippen molar-refractivity contribution in [3.63, 3.8) is 0 Å². The van der Waals surface area contributed by atoms with E-state index in [9.17, 15) is 13.2 Å². The van der Waals surface area contributed by atoms with Crippen LogP contribution >= 0.6 is 0 Å². The molecule has 2 unspecified atom stereocenters. The molecule has 2 atom stereocenters. The summed E-state index contributed by atoms with van der Waals surface area (Å²) >= 11 is 0. The molecule has 0 aromatic heterocycles. The maximum Gasteiger partial charge on any atom is 0.167 e. The summed E-state index contributed by atoms with van der Waals surface area (Å²) in [5.74, 6) is -2.35. The Kier molecular flexibility index (Phi) is 8.82. The molecule has 0 bridgehead atoms. The summed E-state index contributed by atoms with van der Waals surface area (Å²) in [6.45, 7) is 5.01. The highest BCUT2D eigenvalue weighted by molar-refractivity contribution is 5.66. The van der Waals surface area contributed by atoms with Gasteiger partial charge in [-0.15, -0.1) is 0 Å². The molecule has 3 rings (SSSR count). The van der Waals surface area contributed by atoms with E-state index in [1.807, 2.05) is 6.92 Å². The van der Waals surface area contributed by atoms with Crippen molar-refractivity contribution in [3.05, 3.63) is 53.3 Å². The quantitative estimate of drug-likeness (QED) is 0.355. The van der Waals surface area contributed by atoms with Crippen molar-refractivity contribution in [1.29, 1.82) is 0 Å². The fraction of sp³-hybridized carbons (Fsp3) is 0.538. The molecule has 1 saturated heterocycles. The molecule has 0 spiro atoms. The molecule has 5 heteroatoms. The average molecular weight is 435 g/mol. The highest BCUT2D eigenvalue weighted by Gasteiger charge is 2.27. The maximum absolute atomic E-state index is 14.9. The van der Waals surface area contributed by atoms with Gasteiger partial charge in [-0.25, -0.2) is 13.2 Å². The van der Waals surface area contributed by atoms with Crippen LogP contribution in [0.15, 0.2) is 30.3 Å². The number of ether oxygens (including phenoxy) is 2. The van der Waals surface area contributed by atoms with Gasteiger partial charge in [0.2, 0.25) is 0 Å². The number of rotatable bonds is 10. The van der Waals surface area contributed by atoms with Gasteiger partial charge in [-0.3, -0.25) is 0 Å². The van der Waals surface area contributed by atoms with Crippen LogP contribution in [-0.4, -0.2) is 19.3 Å². The Labute approximate surface area is 183 Å². The lowest BCUT2D eigenvalue weighted by Gasteiger charge is -2.30. The second-order valence-electron chi connectivity index (χ2n) is 8.40. The van der Waals surface area contributed by atoms with Crippen molar-refractivity contribution in [2.45, 2.75) is 77.2 Å². The fourth-order valence-corrected chi connectivity index (χ4v) is 4.19. The molecule has 0 N–H and O–H groups in total. The molecule has 170 valence electrons. The Morgan fingerprint density at radius 3 is 2.39 bits per heavy atom. The first-order valence-corrected chi connectivity index (χ1v) is 11.6. The highest BCUT2D eigenvalue weighted by atomic mass is 19.2. The first kappa shape index (κ1) is 23.6. The Bertz CT molecular complexity index is 845. The van der Waals surface area contributed by atoms with Gasteiger partial charge in [0.1, 0.15) is 11.6 Å². The van der Waals surface area contributed by atoms with Crippen molar-refractivity contribution < 1.29 is 22.6 Å². The molecular weight excluding hydrogens is 401 g/mol. The van der Waals surface area contributed by atoms with Gasteiger partial charge in [0.25, 0.3) is 0 Å². The van der Waals surface area contributed by atoms with E-state index < -0.39 is 17.5 Å². The molecule has 2 nitrogen and oxygen atoms in total. The third kappa shape index (κ3) is 6.03. The van der Waals surface area contributed by atoms with Crippen LogP contribution in [0.2, 0.25) is 0 Å². The standard InChI is InChI=1S/C26H33F3O2/c1-3-5-6-7-8-19-10-9-18(17-31-19)21-13-14-23(26(29)25(21)28)22-12-11-20(16-24(22)27)30-15-4-2/h11-14,16,18-19H,3-10,15,17H2,1-2H3. The molecule has 1 aliphatic rings. The molecule has 0 aliphatic carbocycles. The predicted octanol–water partition coefficient (Wildman–Crippen LogP) is 7.79. The van der Waals surface area contributed by atoms with Crippen LogP contribution in [0.3, 0.4) is 0 Å². The molecule has 0 radical (unpaired) electrons. The maximum atomic E-state index is 14.9. The summed E-state index contributed by atoms with van der Waals surface area (Å²) in [6, 6.07) is 7.27. The Morgan fingerprint density at radius 2 is 1.71 bits per heavy atom. The van der Waals surface area contributed by atoms with Crippen LogP contribution in [0, 0.1) is 17.5 Å². The van der Waals surface area contributed by atoms with Crippen molar-refractivity contribution in [1.82, 2.24) is 0 Å². The zero-order valence-electron chi connectivity index (χ0n) is 18.6. The molecule has 31 heavy (non-hydrogen) atoms. The second kappa shape index (κ2) is 11.6. The van der Waals surface area contributed by atoms with E-state index in [4.69, 9.17) is 9.47 Å². The van der Waals surface area contributed by atoms with E-state index in [2.05, 4.69) is 6.92 Å². The molecule has 2 aromatic rings. The van der Waals surface area contributed by atoms with Gasteiger partial charge in [-0.05, 0) is 43.4 Å². The van der Waals surface area contributed by atoms with Gasteiger partial charge in [0.05, 0.1) is 19.3 Å². The Balaban J connectivity index is 1.67.